The Morgan fingerprint density at radius 3 is 2.00 bits per heavy atom. The van der Waals surface area contributed by atoms with E-state index in [-0.39, 0.29) is 12.2 Å². The van der Waals surface area contributed by atoms with E-state index in [9.17, 15) is 29.1 Å². The molecule has 0 fully saturated rings. The van der Waals surface area contributed by atoms with Gasteiger partial charge in [0.25, 0.3) is 0 Å². The third kappa shape index (κ3) is 14.1. The van der Waals surface area contributed by atoms with Crippen molar-refractivity contribution in [3.05, 3.63) is 150 Å². The zero-order chi connectivity index (χ0) is 48.6. The maximum absolute atomic E-state index is 14.6. The Kier molecular flexibility index (Phi) is 17.6. The van der Waals surface area contributed by atoms with Crippen molar-refractivity contribution in [1.82, 2.24) is 15.5 Å². The summed E-state index contributed by atoms with van der Waals surface area (Å²) in [5.74, 6) is -2.12. The molecular formula is C53H62N6O9. The molecule has 358 valence electrons. The van der Waals surface area contributed by atoms with Crippen LogP contribution in [-0.2, 0) is 25.7 Å². The van der Waals surface area contributed by atoms with Crippen LogP contribution in [0.5, 0.6) is 5.75 Å². The minimum atomic E-state index is -1.95. The number of nitrogens with two attached hydrogens (primary N) is 1. The molecule has 6 rings (SSSR count). The number of aryl methyl sites for hydroxylation is 1. The number of unbranched alkanes of at least 4 members (excludes halogenated alkanes) is 2. The first-order valence-electron chi connectivity index (χ1n) is 23.0. The zero-order valence-corrected chi connectivity index (χ0v) is 39.1. The van der Waals surface area contributed by atoms with Crippen molar-refractivity contribution >= 4 is 41.5 Å². The lowest BCUT2D eigenvalue weighted by molar-refractivity contribution is -0.141. The van der Waals surface area contributed by atoms with E-state index in [1.54, 1.807) is 69.3 Å². The van der Waals surface area contributed by atoms with E-state index in [0.29, 0.717) is 63.2 Å². The van der Waals surface area contributed by atoms with Crippen LogP contribution in [0.4, 0.5) is 25.8 Å². The lowest BCUT2D eigenvalue weighted by atomic mass is 9.88. The van der Waals surface area contributed by atoms with Crippen molar-refractivity contribution in [1.29, 1.82) is 0 Å². The molecule has 15 heteroatoms. The Bertz CT molecular complexity index is 2430. The van der Waals surface area contributed by atoms with Gasteiger partial charge in [0.2, 0.25) is 12.1 Å². The Balaban J connectivity index is 1.21. The number of carbonyl (C=O) groups is 5. The number of benzene rings is 5. The maximum atomic E-state index is 14.6. The van der Waals surface area contributed by atoms with E-state index in [2.05, 4.69) is 16.0 Å². The summed E-state index contributed by atoms with van der Waals surface area (Å²) in [5, 5.41) is 18.9. The fourth-order valence-electron chi connectivity index (χ4n) is 8.04. The summed E-state index contributed by atoms with van der Waals surface area (Å²) in [7, 11) is 0. The van der Waals surface area contributed by atoms with Crippen LogP contribution >= 0.6 is 0 Å². The molecule has 6 N–H and O–H groups in total. The number of carbonyl (C=O) groups excluding carboxylic acids is 4. The SMILES string of the molecule is Cc1ccc(N(C(=O)CN(CCCCN)C(=O)Nc2ccc(OCc3ccccc3)cc2)C(NC(=O)OC(CCCCNC(=O)OC(C)(C)C)C2c3ccccc3-c3ccccc32)C(=O)O)cc1. The minimum absolute atomic E-state index is 0.126. The molecule has 2 atom stereocenters. The van der Waals surface area contributed by atoms with E-state index >= 15 is 0 Å². The zero-order valence-electron chi connectivity index (χ0n) is 39.1. The molecule has 0 aromatic heterocycles. The van der Waals surface area contributed by atoms with Gasteiger partial charge in [0.1, 0.15) is 30.6 Å². The number of hydrogen-bond acceptors (Lipinski definition) is 9. The highest BCUT2D eigenvalue weighted by Crippen LogP contribution is 2.47. The fourth-order valence-corrected chi connectivity index (χ4v) is 8.04. The molecule has 0 bridgehead atoms. The van der Waals surface area contributed by atoms with Crippen LogP contribution in [-0.4, -0.2) is 84.2 Å². The lowest BCUT2D eigenvalue weighted by Crippen LogP contribution is -2.58. The number of ether oxygens (including phenoxy) is 3. The van der Waals surface area contributed by atoms with Crippen LogP contribution in [0.15, 0.2) is 127 Å². The quantitative estimate of drug-likeness (QED) is 0.0349. The molecule has 5 aromatic carbocycles. The monoisotopic (exact) mass is 926 g/mol. The van der Waals surface area contributed by atoms with Crippen LogP contribution in [0.3, 0.4) is 0 Å². The van der Waals surface area contributed by atoms with Gasteiger partial charge in [-0.05, 0) is 131 Å². The number of carboxylic acid groups (broad SMARTS) is 1. The standard InChI is InChI=1S/C53H62N6O9/c1-36-23-27-39(28-24-36)59(46(60)34-58(33-15-13-31-54)50(63)56-38-25-29-40(30-26-38)66-35-37-16-6-5-7-17-37)48(49(61)62)57-52(65)67-45(22-12-14-32-55-51(64)68-53(2,3)4)47-43-20-10-8-18-41(43)42-19-9-11-21-44(42)47/h5-11,16-21,23-30,45,47-48H,12-15,22,31-35,54H2,1-4H3,(H,55,64)(H,56,63)(H,57,65)(H,61,62). The van der Waals surface area contributed by atoms with E-state index in [1.807, 2.05) is 85.8 Å². The second-order valence-electron chi connectivity index (χ2n) is 17.7. The number of alkyl carbamates (subject to hydrolysis) is 2. The Labute approximate surface area is 397 Å². The summed E-state index contributed by atoms with van der Waals surface area (Å²) < 4.78 is 17.5. The van der Waals surface area contributed by atoms with Crippen LogP contribution in [0.1, 0.15) is 81.0 Å². The molecular weight excluding hydrogens is 865 g/mol. The number of aliphatic carboxylic acids is 1. The van der Waals surface area contributed by atoms with E-state index in [1.165, 1.54) is 4.90 Å². The summed E-state index contributed by atoms with van der Waals surface area (Å²) in [5.41, 5.74) is 11.5. The molecule has 0 spiro atoms. The maximum Gasteiger partial charge on any atom is 0.409 e. The number of urea groups is 1. The first-order valence-corrected chi connectivity index (χ1v) is 23.0. The molecule has 5 amide bonds. The summed E-state index contributed by atoms with van der Waals surface area (Å²) >= 11 is 0. The molecule has 1 aliphatic carbocycles. The third-order valence-corrected chi connectivity index (χ3v) is 11.3. The van der Waals surface area contributed by atoms with Crippen LogP contribution in [0.25, 0.3) is 11.1 Å². The Morgan fingerprint density at radius 1 is 0.750 bits per heavy atom. The first kappa shape index (κ1) is 50.0. The molecule has 0 saturated carbocycles. The van der Waals surface area contributed by atoms with Gasteiger partial charge in [-0.25, -0.2) is 19.2 Å². The van der Waals surface area contributed by atoms with Gasteiger partial charge < -0.3 is 40.6 Å². The van der Waals surface area contributed by atoms with Crippen molar-refractivity contribution in [2.45, 2.75) is 90.2 Å². The summed E-state index contributed by atoms with van der Waals surface area (Å²) in [6, 6.07) is 38.3. The van der Waals surface area contributed by atoms with Gasteiger partial charge in [-0.1, -0.05) is 96.6 Å². The molecule has 0 heterocycles. The number of nitrogens with zero attached hydrogens (tertiary/aromatic N) is 2. The average Bonchev–Trinajstić information content (AvgIpc) is 3.65. The Morgan fingerprint density at radius 2 is 1.38 bits per heavy atom. The van der Waals surface area contributed by atoms with Gasteiger partial charge in [-0.15, -0.1) is 0 Å². The number of hydrogen-bond donors (Lipinski definition) is 5. The molecule has 2 unspecified atom stereocenters. The van der Waals surface area contributed by atoms with Crippen LogP contribution < -0.4 is 31.3 Å². The molecule has 0 aliphatic heterocycles. The van der Waals surface area contributed by atoms with E-state index < -0.39 is 60.4 Å². The molecule has 0 saturated heterocycles. The van der Waals surface area contributed by atoms with Gasteiger partial charge in [0.05, 0.1) is 0 Å². The number of anilines is 2. The van der Waals surface area contributed by atoms with Crippen LogP contribution in [0.2, 0.25) is 0 Å². The highest BCUT2D eigenvalue weighted by atomic mass is 16.6. The first-order chi connectivity index (χ1) is 32.7. The number of fused-ring (bicyclic) bond motifs is 3. The summed E-state index contributed by atoms with van der Waals surface area (Å²) in [4.78, 5) is 70.6. The topological polar surface area (TPSA) is 202 Å². The number of rotatable bonds is 21. The number of carboxylic acids is 1. The van der Waals surface area contributed by atoms with Gasteiger partial charge >= 0.3 is 24.2 Å². The molecule has 15 nitrogen and oxygen atoms in total. The van der Waals surface area contributed by atoms with Gasteiger partial charge in [-0.2, -0.15) is 0 Å². The van der Waals surface area contributed by atoms with Crippen molar-refractivity contribution < 1.29 is 43.3 Å². The van der Waals surface area contributed by atoms with Crippen LogP contribution in [0, 0.1) is 6.92 Å². The van der Waals surface area contributed by atoms with Crippen molar-refractivity contribution in [2.24, 2.45) is 5.73 Å². The third-order valence-electron chi connectivity index (χ3n) is 11.3. The van der Waals surface area contributed by atoms with Crippen molar-refractivity contribution in [3.8, 4) is 16.9 Å². The fraction of sp³-hybridized carbons (Fsp3) is 0.340. The smallest absolute Gasteiger partial charge is 0.409 e. The van der Waals surface area contributed by atoms with Crippen molar-refractivity contribution in [2.75, 3.05) is 36.4 Å². The summed E-state index contributed by atoms with van der Waals surface area (Å²) in [6.45, 7) is 7.82. The van der Waals surface area contributed by atoms with Gasteiger partial charge in [0.15, 0.2) is 0 Å². The second kappa shape index (κ2) is 23.9. The van der Waals surface area contributed by atoms with Gasteiger partial charge in [-0.3, -0.25) is 15.0 Å². The van der Waals surface area contributed by atoms with Crippen molar-refractivity contribution in [3.63, 3.8) is 0 Å². The van der Waals surface area contributed by atoms with E-state index in [0.717, 1.165) is 38.3 Å². The number of nitrogens with one attached hydrogen (secondary N) is 3. The highest BCUT2D eigenvalue weighted by molar-refractivity contribution is 6.03. The molecule has 0 radical (unpaired) electrons. The normalized spacial score (nSPS) is 12.7. The predicted octanol–water partition coefficient (Wildman–Crippen LogP) is 9.19. The van der Waals surface area contributed by atoms with E-state index in [4.69, 9.17) is 19.9 Å². The second-order valence-corrected chi connectivity index (χ2v) is 17.7. The molecule has 68 heavy (non-hydrogen) atoms. The predicted molar refractivity (Wildman–Crippen MR) is 261 cm³/mol. The highest BCUT2D eigenvalue weighted by Gasteiger charge is 2.39. The Hall–Kier alpha value is -7.39. The minimum Gasteiger partial charge on any atom is -0.489 e. The average molecular weight is 927 g/mol. The molecule has 1 aliphatic rings. The summed E-state index contributed by atoms with van der Waals surface area (Å²) in [6.07, 6.45) is -1.89. The largest absolute Gasteiger partial charge is 0.489 e. The van der Waals surface area contributed by atoms with Gasteiger partial charge in [0, 0.05) is 30.4 Å². The lowest BCUT2D eigenvalue weighted by Gasteiger charge is -2.33. The molecule has 5 aromatic rings. The number of amides is 5.